The Bertz CT molecular complexity index is 1910. The highest BCUT2D eigenvalue weighted by molar-refractivity contribution is 6.56. The minimum atomic E-state index is -0.739. The molecule has 0 saturated carbocycles. The van der Waals surface area contributed by atoms with Crippen LogP contribution < -0.4 is 10.2 Å². The lowest BCUT2D eigenvalue weighted by molar-refractivity contribution is 0.0922. The Labute approximate surface area is 246 Å². The monoisotopic (exact) mass is 604 g/mol. The van der Waals surface area contributed by atoms with E-state index >= 15 is 0 Å². The first-order chi connectivity index (χ1) is 19.2. The average Bonchev–Trinajstić information content (AvgIpc) is 3.36. The van der Waals surface area contributed by atoms with E-state index in [9.17, 15) is 19.2 Å². The quantitative estimate of drug-likeness (QED) is 0.0780. The van der Waals surface area contributed by atoms with Gasteiger partial charge in [-0.1, -0.05) is 88.9 Å². The van der Waals surface area contributed by atoms with Crippen molar-refractivity contribution >= 4 is 98.0 Å². The summed E-state index contributed by atoms with van der Waals surface area (Å²) in [4.78, 5) is 54.9. The molecular weight excluding hydrogens is 594 g/mol. The number of nitrogens with zero attached hydrogens (tertiary/aromatic N) is 1. The number of halogens is 4. The molecule has 0 atom stereocenters. The van der Waals surface area contributed by atoms with Crippen LogP contribution in [0.3, 0.4) is 0 Å². The fourth-order valence-electron chi connectivity index (χ4n) is 5.32. The van der Waals surface area contributed by atoms with E-state index in [1.807, 2.05) is 24.3 Å². The lowest BCUT2D eigenvalue weighted by Gasteiger charge is -2.24. The fraction of sp³-hybridized carbons (Fsp3) is 0. The maximum absolute atomic E-state index is 13.5. The first kappa shape index (κ1) is 25.1. The van der Waals surface area contributed by atoms with Crippen LogP contribution in [-0.4, -0.2) is 23.4 Å². The number of para-hydroxylation sites is 1. The normalized spacial score (nSPS) is 15.7. The Morgan fingerprint density at radius 1 is 0.625 bits per heavy atom. The van der Waals surface area contributed by atoms with Crippen LogP contribution in [0, 0.1) is 0 Å². The highest BCUT2D eigenvalue weighted by Crippen LogP contribution is 2.47. The van der Waals surface area contributed by atoms with Crippen molar-refractivity contribution in [1.29, 1.82) is 0 Å². The SMILES string of the molecule is O=C1C(=C2C=Cc3cccc(N4C(=O)c5c(Cl)c(Cl)c(Cl)c(Cl)c5C4=O)c3N2)C(=O)c2cc3ccccc3cc21. The maximum Gasteiger partial charge on any atom is 0.267 e. The van der Waals surface area contributed by atoms with E-state index < -0.39 is 23.4 Å². The van der Waals surface area contributed by atoms with Gasteiger partial charge in [0.25, 0.3) is 11.8 Å². The number of carbonyl (C=O) groups excluding carboxylic acids is 4. The lowest BCUT2D eigenvalue weighted by Crippen LogP contribution is -2.30. The van der Waals surface area contributed by atoms with E-state index in [0.717, 1.165) is 15.7 Å². The van der Waals surface area contributed by atoms with Gasteiger partial charge < -0.3 is 5.32 Å². The molecule has 0 spiro atoms. The summed E-state index contributed by atoms with van der Waals surface area (Å²) in [5, 5.41) is 4.18. The Kier molecular flexibility index (Phi) is 5.50. The molecule has 2 heterocycles. The molecule has 0 aromatic heterocycles. The second-order valence-corrected chi connectivity index (χ2v) is 10.9. The number of allylic oxidation sites excluding steroid dienone is 2. The van der Waals surface area contributed by atoms with Crippen LogP contribution in [-0.2, 0) is 0 Å². The first-order valence-electron chi connectivity index (χ1n) is 11.9. The number of anilines is 2. The van der Waals surface area contributed by atoms with E-state index in [0.29, 0.717) is 22.4 Å². The van der Waals surface area contributed by atoms with Gasteiger partial charge in [-0.05, 0) is 35.0 Å². The number of nitrogens with one attached hydrogen (secondary N) is 1. The smallest absolute Gasteiger partial charge is 0.267 e. The minimum absolute atomic E-state index is 0.0333. The van der Waals surface area contributed by atoms with Gasteiger partial charge in [-0.15, -0.1) is 0 Å². The van der Waals surface area contributed by atoms with Crippen LogP contribution in [0.4, 0.5) is 11.4 Å². The molecule has 6 nitrogen and oxygen atoms in total. The van der Waals surface area contributed by atoms with Crippen molar-refractivity contribution in [2.75, 3.05) is 10.2 Å². The van der Waals surface area contributed by atoms with E-state index in [1.165, 1.54) is 0 Å². The van der Waals surface area contributed by atoms with Gasteiger partial charge in [-0.2, -0.15) is 0 Å². The maximum atomic E-state index is 13.5. The molecule has 2 amide bonds. The van der Waals surface area contributed by atoms with Gasteiger partial charge in [0.05, 0.1) is 53.9 Å². The predicted octanol–water partition coefficient (Wildman–Crippen LogP) is 8.03. The zero-order chi connectivity index (χ0) is 28.0. The lowest BCUT2D eigenvalue weighted by atomic mass is 10.0. The van der Waals surface area contributed by atoms with E-state index in [-0.39, 0.29) is 48.2 Å². The number of carbonyl (C=O) groups is 4. The van der Waals surface area contributed by atoms with Crippen LogP contribution >= 0.6 is 46.4 Å². The standard InChI is InChI=1S/C30H12Cl4N2O4/c31-22-20-21(23(32)25(34)24(22)33)30(40)36(29(20)39)18-7-3-6-12-8-9-17(35-26(12)18)19-27(37)15-10-13-4-1-2-5-14(13)11-16(15)28(19)38/h1-11,35H. The molecule has 1 N–H and O–H groups in total. The molecule has 0 fully saturated rings. The number of fused-ring (bicyclic) bond motifs is 4. The summed E-state index contributed by atoms with van der Waals surface area (Å²) in [6, 6.07) is 15.9. The summed E-state index contributed by atoms with van der Waals surface area (Å²) in [5.41, 5.74) is 1.67. The topological polar surface area (TPSA) is 83.6 Å². The molecule has 0 radical (unpaired) electrons. The van der Waals surface area contributed by atoms with Gasteiger partial charge in [-0.3, -0.25) is 19.2 Å². The van der Waals surface area contributed by atoms with Gasteiger partial charge in [-0.25, -0.2) is 4.90 Å². The molecule has 4 aromatic rings. The van der Waals surface area contributed by atoms with Crippen molar-refractivity contribution in [3.63, 3.8) is 0 Å². The number of hydrogen-bond acceptors (Lipinski definition) is 5. The molecule has 2 aliphatic heterocycles. The van der Waals surface area contributed by atoms with Crippen molar-refractivity contribution in [1.82, 2.24) is 0 Å². The summed E-state index contributed by atoms with van der Waals surface area (Å²) in [7, 11) is 0. The summed E-state index contributed by atoms with van der Waals surface area (Å²) < 4.78 is 0. The predicted molar refractivity (Wildman–Crippen MR) is 156 cm³/mol. The van der Waals surface area contributed by atoms with Gasteiger partial charge in [0.1, 0.15) is 0 Å². The van der Waals surface area contributed by atoms with E-state index in [1.54, 1.807) is 42.5 Å². The highest BCUT2D eigenvalue weighted by atomic mass is 35.5. The molecule has 194 valence electrons. The Hall–Kier alpha value is -3.94. The highest BCUT2D eigenvalue weighted by Gasteiger charge is 2.44. The summed E-state index contributed by atoms with van der Waals surface area (Å²) in [6.07, 6.45) is 3.32. The van der Waals surface area contributed by atoms with E-state index in [2.05, 4.69) is 5.32 Å². The zero-order valence-electron chi connectivity index (χ0n) is 19.9. The molecule has 0 bridgehead atoms. The molecule has 4 aromatic carbocycles. The van der Waals surface area contributed by atoms with Crippen LogP contribution in [0.15, 0.2) is 71.9 Å². The van der Waals surface area contributed by atoms with Crippen LogP contribution in [0.25, 0.3) is 16.8 Å². The first-order valence-corrected chi connectivity index (χ1v) is 13.4. The third kappa shape index (κ3) is 3.31. The van der Waals surface area contributed by atoms with Crippen molar-refractivity contribution in [3.8, 4) is 0 Å². The molecular formula is C30H12Cl4N2O4. The second-order valence-electron chi connectivity index (χ2n) is 9.34. The molecule has 0 unspecified atom stereocenters. The Morgan fingerprint density at radius 2 is 1.18 bits per heavy atom. The Morgan fingerprint density at radius 3 is 1.73 bits per heavy atom. The van der Waals surface area contributed by atoms with Crippen molar-refractivity contribution in [2.24, 2.45) is 0 Å². The number of hydrogen-bond donors (Lipinski definition) is 1. The Balaban J connectivity index is 1.34. The fourth-order valence-corrected chi connectivity index (χ4v) is 6.33. The second kappa shape index (κ2) is 8.78. The molecule has 3 aliphatic rings. The molecule has 0 saturated heterocycles. The molecule has 40 heavy (non-hydrogen) atoms. The molecule has 1 aliphatic carbocycles. The number of imide groups is 1. The number of rotatable bonds is 1. The number of amides is 2. The molecule has 10 heteroatoms. The third-order valence-corrected chi connectivity index (χ3v) is 9.01. The minimum Gasteiger partial charge on any atom is -0.353 e. The third-order valence-electron chi connectivity index (χ3n) is 7.20. The number of ketones is 2. The van der Waals surface area contributed by atoms with Crippen LogP contribution in [0.1, 0.15) is 47.0 Å². The zero-order valence-corrected chi connectivity index (χ0v) is 23.0. The summed E-state index contributed by atoms with van der Waals surface area (Å²) in [5.74, 6) is -2.31. The van der Waals surface area contributed by atoms with Crippen molar-refractivity contribution in [2.45, 2.75) is 0 Å². The molecule has 7 rings (SSSR count). The van der Waals surface area contributed by atoms with Gasteiger partial charge in [0.15, 0.2) is 11.6 Å². The number of benzene rings is 4. The van der Waals surface area contributed by atoms with Crippen molar-refractivity contribution < 1.29 is 19.2 Å². The van der Waals surface area contributed by atoms with Gasteiger partial charge in [0, 0.05) is 16.7 Å². The summed E-state index contributed by atoms with van der Waals surface area (Å²) in [6.45, 7) is 0. The average molecular weight is 606 g/mol. The van der Waals surface area contributed by atoms with Crippen molar-refractivity contribution in [3.05, 3.63) is 120 Å². The summed E-state index contributed by atoms with van der Waals surface area (Å²) >= 11 is 24.9. The van der Waals surface area contributed by atoms with Gasteiger partial charge >= 0.3 is 0 Å². The van der Waals surface area contributed by atoms with E-state index in [4.69, 9.17) is 46.4 Å². The van der Waals surface area contributed by atoms with Gasteiger partial charge in [0.2, 0.25) is 0 Å². The number of Topliss-reactive ketones (excluding diaryl/α,β-unsaturated/α-hetero) is 2. The van der Waals surface area contributed by atoms with Crippen LogP contribution in [0.5, 0.6) is 0 Å². The van der Waals surface area contributed by atoms with Crippen LogP contribution in [0.2, 0.25) is 20.1 Å². The largest absolute Gasteiger partial charge is 0.353 e.